The normalized spacial score (nSPS) is 9.86. The van der Waals surface area contributed by atoms with E-state index in [1.165, 1.54) is 0 Å². The van der Waals surface area contributed by atoms with Gasteiger partial charge in [0.2, 0.25) is 0 Å². The van der Waals surface area contributed by atoms with Gasteiger partial charge in [0.25, 0.3) is 0 Å². The van der Waals surface area contributed by atoms with Gasteiger partial charge in [-0.15, -0.1) is 0 Å². The third-order valence-corrected chi connectivity index (χ3v) is 7.19. The summed E-state index contributed by atoms with van der Waals surface area (Å²) in [6.45, 7) is 22.7. The van der Waals surface area contributed by atoms with E-state index in [1.807, 2.05) is 20.8 Å². The lowest BCUT2D eigenvalue weighted by Gasteiger charge is -2.17. The van der Waals surface area contributed by atoms with Gasteiger partial charge in [0, 0.05) is 16.5 Å². The van der Waals surface area contributed by atoms with E-state index in [1.54, 1.807) is 27.7 Å². The molecule has 0 rings (SSSR count). The van der Waals surface area contributed by atoms with Crippen LogP contribution >= 0.6 is 32.1 Å². The standard InChI is InChI=1S/C10H19O5P.C6H9BrO2.C6H15O3P.2CH4/c1-5-13-10(11)9(4)8-16(12,14-6-2)15-7-3;1-3-9-6(8)5(2)4-7;1-4-7-10(8-5-2)9-6-3;;/h4-8H2,1-3H3;2-4H2,1H3;4-6H2,1-3H3;2*1H4. The topological polar surface area (TPSA) is 116 Å². The maximum atomic E-state index is 12.0. The zero-order valence-electron chi connectivity index (χ0n) is 22.1. The van der Waals surface area contributed by atoms with Gasteiger partial charge >= 0.3 is 28.1 Å². The lowest BCUT2D eigenvalue weighted by atomic mass is 10.4. The van der Waals surface area contributed by atoms with Crippen molar-refractivity contribution in [1.29, 1.82) is 0 Å². The number of rotatable bonds is 17. The van der Waals surface area contributed by atoms with Crippen molar-refractivity contribution < 1.29 is 46.2 Å². The third-order valence-electron chi connectivity index (χ3n) is 3.03. The fourth-order valence-corrected chi connectivity index (χ4v) is 4.49. The van der Waals surface area contributed by atoms with Gasteiger partial charge in [-0.2, -0.15) is 0 Å². The van der Waals surface area contributed by atoms with Crippen LogP contribution in [-0.2, 0) is 46.2 Å². The molecule has 37 heavy (non-hydrogen) atoms. The fourth-order valence-electron chi connectivity index (χ4n) is 1.77. The van der Waals surface area contributed by atoms with E-state index in [9.17, 15) is 14.2 Å². The molecule has 0 amide bonds. The van der Waals surface area contributed by atoms with Crippen molar-refractivity contribution in [3.8, 4) is 0 Å². The zero-order chi connectivity index (χ0) is 27.7. The summed E-state index contributed by atoms with van der Waals surface area (Å²) in [6, 6.07) is 0. The number of hydrogen-bond donors (Lipinski definition) is 0. The number of carbonyl (C=O) groups excluding carboxylic acids is 2. The Morgan fingerprint density at radius 3 is 1.30 bits per heavy atom. The number of esters is 2. The lowest BCUT2D eigenvalue weighted by molar-refractivity contribution is -0.139. The van der Waals surface area contributed by atoms with E-state index < -0.39 is 22.2 Å². The summed E-state index contributed by atoms with van der Waals surface area (Å²) in [7, 11) is -4.31. The Labute approximate surface area is 235 Å². The van der Waals surface area contributed by atoms with Crippen molar-refractivity contribution in [3.05, 3.63) is 24.3 Å². The molecule has 0 aliphatic rings. The van der Waals surface area contributed by atoms with E-state index in [0.717, 1.165) is 0 Å². The second-order valence-electron chi connectivity index (χ2n) is 5.86. The van der Waals surface area contributed by atoms with Gasteiger partial charge in [0.15, 0.2) is 0 Å². The molecule has 0 unspecified atom stereocenters. The van der Waals surface area contributed by atoms with Crippen molar-refractivity contribution in [2.24, 2.45) is 0 Å². The van der Waals surface area contributed by atoms with Crippen LogP contribution in [0, 0.1) is 0 Å². The highest BCUT2D eigenvalue weighted by Crippen LogP contribution is 2.49. The maximum Gasteiger partial charge on any atom is 0.335 e. The van der Waals surface area contributed by atoms with Crippen LogP contribution in [0.15, 0.2) is 24.3 Å². The van der Waals surface area contributed by atoms with Crippen molar-refractivity contribution >= 4 is 44.1 Å². The summed E-state index contributed by atoms with van der Waals surface area (Å²) in [5, 5.41) is 0.478. The van der Waals surface area contributed by atoms with Crippen molar-refractivity contribution in [3.63, 3.8) is 0 Å². The molecule has 0 aliphatic carbocycles. The molecule has 0 spiro atoms. The van der Waals surface area contributed by atoms with E-state index in [0.29, 0.717) is 37.3 Å². The Morgan fingerprint density at radius 2 is 1.03 bits per heavy atom. The van der Waals surface area contributed by atoms with Gasteiger partial charge in [-0.3, -0.25) is 4.57 Å². The summed E-state index contributed by atoms with van der Waals surface area (Å²) >= 11 is 3.08. The number of alkyl halides is 1. The van der Waals surface area contributed by atoms with Crippen LogP contribution in [0.25, 0.3) is 0 Å². The number of hydrogen-bond acceptors (Lipinski definition) is 10. The van der Waals surface area contributed by atoms with Crippen LogP contribution < -0.4 is 0 Å². The SMILES string of the molecule is C.C.C=C(CBr)C(=O)OCC.C=C(CP(=O)(OCC)OCC)C(=O)OCC.CCOP(OCC)OCC. The second-order valence-corrected chi connectivity index (χ2v) is 9.70. The largest absolute Gasteiger partial charge is 0.463 e. The molecule has 0 aliphatic heterocycles. The van der Waals surface area contributed by atoms with Gasteiger partial charge in [-0.1, -0.05) is 43.9 Å². The molecular formula is C24H51BrO10P2. The average Bonchev–Trinajstić information content (AvgIpc) is 2.80. The molecule has 0 aromatic carbocycles. The quantitative estimate of drug-likeness (QED) is 0.0686. The van der Waals surface area contributed by atoms with E-state index in [4.69, 9.17) is 27.4 Å². The Kier molecular flexibility index (Phi) is 39.5. The monoisotopic (exact) mass is 640 g/mol. The molecule has 0 radical (unpaired) electrons. The van der Waals surface area contributed by atoms with Gasteiger partial charge < -0.3 is 32.1 Å². The number of carbonyl (C=O) groups is 2. The zero-order valence-corrected chi connectivity index (χ0v) is 25.5. The van der Waals surface area contributed by atoms with E-state index in [2.05, 4.69) is 33.8 Å². The molecule has 0 aromatic rings. The van der Waals surface area contributed by atoms with Crippen molar-refractivity contribution in [1.82, 2.24) is 0 Å². The van der Waals surface area contributed by atoms with Gasteiger partial charge in [-0.05, 0) is 48.5 Å². The predicted molar refractivity (Wildman–Crippen MR) is 156 cm³/mol. The number of ether oxygens (including phenoxy) is 2. The highest BCUT2D eigenvalue weighted by Gasteiger charge is 2.27. The van der Waals surface area contributed by atoms with Crippen molar-refractivity contribution in [2.45, 2.75) is 63.3 Å². The molecule has 10 nitrogen and oxygen atoms in total. The predicted octanol–water partition coefficient (Wildman–Crippen LogP) is 7.47. The summed E-state index contributed by atoms with van der Waals surface area (Å²) < 4.78 is 46.9. The smallest absolute Gasteiger partial charge is 0.335 e. The van der Waals surface area contributed by atoms with E-state index >= 15 is 0 Å². The molecule has 224 valence electrons. The summed E-state index contributed by atoms with van der Waals surface area (Å²) in [4.78, 5) is 21.9. The molecule has 13 heteroatoms. The van der Waals surface area contributed by atoms with Crippen LogP contribution in [0.3, 0.4) is 0 Å². The molecule has 0 saturated carbocycles. The van der Waals surface area contributed by atoms with Crippen LogP contribution in [0.4, 0.5) is 0 Å². The van der Waals surface area contributed by atoms with Crippen LogP contribution in [0.1, 0.15) is 63.3 Å². The first kappa shape index (κ1) is 46.2. The van der Waals surface area contributed by atoms with Crippen LogP contribution in [-0.4, -0.2) is 69.7 Å². The molecule has 0 fully saturated rings. The van der Waals surface area contributed by atoms with E-state index in [-0.39, 0.29) is 52.4 Å². The highest BCUT2D eigenvalue weighted by molar-refractivity contribution is 9.09. The minimum absolute atomic E-state index is 0. The molecule has 0 bridgehead atoms. The van der Waals surface area contributed by atoms with Crippen LogP contribution in [0.2, 0.25) is 0 Å². The molecule has 0 atom stereocenters. The maximum absolute atomic E-state index is 12.0. The van der Waals surface area contributed by atoms with Gasteiger partial charge in [0.1, 0.15) is 0 Å². The van der Waals surface area contributed by atoms with Crippen LogP contribution in [0.5, 0.6) is 0 Å². The first-order valence-corrected chi connectivity index (χ1v) is 15.3. The van der Waals surface area contributed by atoms with Gasteiger partial charge in [0.05, 0.1) is 52.4 Å². The number of halogens is 1. The summed E-state index contributed by atoms with van der Waals surface area (Å²) in [6.07, 6.45) is -0.131. The average molecular weight is 642 g/mol. The first-order valence-electron chi connectivity index (χ1n) is 11.4. The lowest BCUT2D eigenvalue weighted by Crippen LogP contribution is -2.12. The Balaban J connectivity index is -0.000000142. The minimum Gasteiger partial charge on any atom is -0.463 e. The molecular weight excluding hydrogens is 590 g/mol. The summed E-state index contributed by atoms with van der Waals surface area (Å²) in [5.41, 5.74) is 0.559. The molecule has 0 N–H and O–H groups in total. The van der Waals surface area contributed by atoms with Crippen molar-refractivity contribution in [2.75, 3.05) is 57.7 Å². The Morgan fingerprint density at radius 1 is 0.676 bits per heavy atom. The second kappa shape index (κ2) is 31.6. The Hall–Kier alpha value is -0.640. The molecule has 0 saturated heterocycles. The molecule has 0 aromatic heterocycles. The first-order chi connectivity index (χ1) is 16.6. The highest BCUT2D eigenvalue weighted by atomic mass is 79.9. The summed E-state index contributed by atoms with van der Waals surface area (Å²) in [5.74, 6) is -0.892. The minimum atomic E-state index is -3.25. The third kappa shape index (κ3) is 28.2. The van der Waals surface area contributed by atoms with Gasteiger partial charge in [-0.25, -0.2) is 9.59 Å². The fraction of sp³-hybridized carbons (Fsp3) is 0.750. The Bertz CT molecular complexity index is 608. The molecule has 0 heterocycles.